The molecule has 0 amide bonds. The normalized spacial score (nSPS) is 11.8. The number of rotatable bonds is 9. The van der Waals surface area contributed by atoms with Crippen LogP contribution >= 0.6 is 12.6 Å². The molecule has 2 N–H and O–H groups in total. The molecule has 17 heavy (non-hydrogen) atoms. The molecular weight excluding hydrogens is 248 g/mol. The fourth-order valence-corrected chi connectivity index (χ4v) is 1.57. The van der Waals surface area contributed by atoms with Gasteiger partial charge in [-0.05, 0) is 6.42 Å². The van der Waals surface area contributed by atoms with Crippen molar-refractivity contribution in [2.75, 3.05) is 5.75 Å². The number of carboxylic acids is 2. The van der Waals surface area contributed by atoms with E-state index >= 15 is 0 Å². The van der Waals surface area contributed by atoms with Crippen LogP contribution in [0.3, 0.4) is 0 Å². The third kappa shape index (κ3) is 6.72. The van der Waals surface area contributed by atoms with E-state index in [2.05, 4.69) is 12.6 Å². The van der Waals surface area contributed by atoms with Crippen LogP contribution in [-0.2, 0) is 19.2 Å². The van der Waals surface area contributed by atoms with Crippen molar-refractivity contribution in [2.45, 2.75) is 19.3 Å². The Kier molecular flexibility index (Phi) is 7.20. The molecule has 1 unspecified atom stereocenters. The smallest absolute Gasteiger partial charge is 0.310 e. The SMILES string of the molecule is O=C(O)[CH]CCC(=O)C(CS)C(=O)CC(=O)O. The number of Topliss-reactive ketones (excluding diaryl/α,β-unsaturated/α-hetero) is 2. The first-order valence-corrected chi connectivity index (χ1v) is 5.46. The maximum absolute atomic E-state index is 11.5. The second-order valence-electron chi connectivity index (χ2n) is 3.32. The predicted octanol–water partition coefficient (Wildman–Crippen LogP) is 0.214. The Morgan fingerprint density at radius 3 is 2.12 bits per heavy atom. The minimum Gasteiger partial charge on any atom is -0.481 e. The molecule has 1 radical (unpaired) electrons. The molecule has 0 heterocycles. The molecule has 0 fully saturated rings. The van der Waals surface area contributed by atoms with Gasteiger partial charge in [-0.2, -0.15) is 12.6 Å². The van der Waals surface area contributed by atoms with Gasteiger partial charge >= 0.3 is 11.9 Å². The van der Waals surface area contributed by atoms with Gasteiger partial charge in [0.05, 0.1) is 12.3 Å². The molecule has 0 aliphatic carbocycles. The summed E-state index contributed by atoms with van der Waals surface area (Å²) in [5.74, 6) is -4.77. The molecule has 7 heteroatoms. The monoisotopic (exact) mass is 261 g/mol. The van der Waals surface area contributed by atoms with Gasteiger partial charge in [0.2, 0.25) is 0 Å². The van der Waals surface area contributed by atoms with Gasteiger partial charge in [0, 0.05) is 12.2 Å². The van der Waals surface area contributed by atoms with Gasteiger partial charge in [-0.1, -0.05) is 0 Å². The minimum absolute atomic E-state index is 0.0127. The zero-order valence-corrected chi connectivity index (χ0v) is 9.85. The van der Waals surface area contributed by atoms with Crippen LogP contribution in [0.25, 0.3) is 0 Å². The van der Waals surface area contributed by atoms with Crippen LogP contribution in [0, 0.1) is 12.3 Å². The lowest BCUT2D eigenvalue weighted by Crippen LogP contribution is -2.27. The molecule has 0 saturated heterocycles. The molecule has 0 aromatic carbocycles. The Morgan fingerprint density at radius 1 is 1.12 bits per heavy atom. The summed E-state index contributed by atoms with van der Waals surface area (Å²) in [5.41, 5.74) is 0. The lowest BCUT2D eigenvalue weighted by Gasteiger charge is -2.10. The highest BCUT2D eigenvalue weighted by molar-refractivity contribution is 7.80. The summed E-state index contributed by atoms with van der Waals surface area (Å²) in [6.07, 6.45) is 0.0937. The number of carboxylic acid groups (broad SMARTS) is 2. The van der Waals surface area contributed by atoms with E-state index in [0.29, 0.717) is 0 Å². The molecular formula is C10H13O6S. The maximum atomic E-state index is 11.5. The van der Waals surface area contributed by atoms with Crippen molar-refractivity contribution in [3.8, 4) is 0 Å². The number of ketones is 2. The summed E-state index contributed by atoms with van der Waals surface area (Å²) in [5, 5.41) is 16.7. The first-order valence-electron chi connectivity index (χ1n) is 4.82. The number of aliphatic carboxylic acids is 2. The quantitative estimate of drug-likeness (QED) is 0.404. The zero-order valence-electron chi connectivity index (χ0n) is 8.96. The van der Waals surface area contributed by atoms with Gasteiger partial charge in [-0.15, -0.1) is 0 Å². The molecule has 0 saturated carbocycles. The summed E-state index contributed by atoms with van der Waals surface area (Å²) >= 11 is 3.82. The summed E-state index contributed by atoms with van der Waals surface area (Å²) in [6.45, 7) is 0. The van der Waals surface area contributed by atoms with Crippen molar-refractivity contribution in [2.24, 2.45) is 5.92 Å². The summed E-state index contributed by atoms with van der Waals surface area (Å²) < 4.78 is 0. The van der Waals surface area contributed by atoms with Crippen LogP contribution in [0.5, 0.6) is 0 Å². The van der Waals surface area contributed by atoms with Crippen LogP contribution in [0.15, 0.2) is 0 Å². The van der Waals surface area contributed by atoms with Crippen molar-refractivity contribution in [3.63, 3.8) is 0 Å². The topological polar surface area (TPSA) is 109 Å². The standard InChI is InChI=1S/C10H13O6S/c11-7(2-1-3-9(13)14)6(5-17)8(12)4-10(15)16/h3,6,17H,1-2,4-5H2,(H,13,14)(H,15,16). The highest BCUT2D eigenvalue weighted by Crippen LogP contribution is 2.11. The Hall–Kier alpha value is -1.37. The van der Waals surface area contributed by atoms with E-state index in [1.165, 1.54) is 0 Å². The Bertz CT molecular complexity index is 325. The molecule has 95 valence electrons. The van der Waals surface area contributed by atoms with E-state index in [0.717, 1.165) is 6.42 Å². The second-order valence-corrected chi connectivity index (χ2v) is 3.68. The van der Waals surface area contributed by atoms with E-state index in [1.54, 1.807) is 0 Å². The fourth-order valence-electron chi connectivity index (χ4n) is 1.17. The average molecular weight is 261 g/mol. The Labute approximate surface area is 103 Å². The van der Waals surface area contributed by atoms with Crippen LogP contribution < -0.4 is 0 Å². The molecule has 0 spiro atoms. The van der Waals surface area contributed by atoms with Crippen molar-refractivity contribution >= 4 is 36.1 Å². The Morgan fingerprint density at radius 2 is 1.71 bits per heavy atom. The molecule has 0 aromatic heterocycles. The predicted molar refractivity (Wildman–Crippen MR) is 60.8 cm³/mol. The lowest BCUT2D eigenvalue weighted by molar-refractivity contribution is -0.142. The van der Waals surface area contributed by atoms with Crippen molar-refractivity contribution in [3.05, 3.63) is 6.42 Å². The first kappa shape index (κ1) is 15.6. The van der Waals surface area contributed by atoms with Crippen molar-refractivity contribution in [1.29, 1.82) is 0 Å². The van der Waals surface area contributed by atoms with Gasteiger partial charge in [-0.3, -0.25) is 19.2 Å². The third-order valence-electron chi connectivity index (χ3n) is 2.00. The van der Waals surface area contributed by atoms with E-state index in [9.17, 15) is 19.2 Å². The molecule has 0 aliphatic rings. The number of hydrogen-bond donors (Lipinski definition) is 3. The highest BCUT2D eigenvalue weighted by Gasteiger charge is 2.26. The third-order valence-corrected chi connectivity index (χ3v) is 2.36. The highest BCUT2D eigenvalue weighted by atomic mass is 32.1. The van der Waals surface area contributed by atoms with Crippen molar-refractivity contribution < 1.29 is 29.4 Å². The van der Waals surface area contributed by atoms with Crippen LogP contribution in [0.2, 0.25) is 0 Å². The summed E-state index contributed by atoms with van der Waals surface area (Å²) in [4.78, 5) is 43.3. The number of carbonyl (C=O) groups is 4. The zero-order chi connectivity index (χ0) is 13.4. The number of hydrogen-bond acceptors (Lipinski definition) is 5. The average Bonchev–Trinajstić information content (AvgIpc) is 2.16. The lowest BCUT2D eigenvalue weighted by atomic mass is 9.95. The molecule has 6 nitrogen and oxygen atoms in total. The number of carbonyl (C=O) groups excluding carboxylic acids is 2. The largest absolute Gasteiger partial charge is 0.481 e. The Balaban J connectivity index is 4.25. The number of thiol groups is 1. The molecule has 0 aliphatic heterocycles. The van der Waals surface area contributed by atoms with Gasteiger partial charge in [0.25, 0.3) is 0 Å². The van der Waals surface area contributed by atoms with Crippen molar-refractivity contribution in [1.82, 2.24) is 0 Å². The summed E-state index contributed by atoms with van der Waals surface area (Å²) in [7, 11) is 0. The van der Waals surface area contributed by atoms with E-state index in [4.69, 9.17) is 10.2 Å². The van der Waals surface area contributed by atoms with Gasteiger partial charge in [-0.25, -0.2) is 0 Å². The fraction of sp³-hybridized carbons (Fsp3) is 0.500. The molecule has 0 bridgehead atoms. The van der Waals surface area contributed by atoms with Gasteiger partial charge < -0.3 is 10.2 Å². The van der Waals surface area contributed by atoms with E-state index in [1.807, 2.05) is 0 Å². The van der Waals surface area contributed by atoms with Crippen LogP contribution in [0.1, 0.15) is 19.3 Å². The van der Waals surface area contributed by atoms with Gasteiger partial charge in [0.1, 0.15) is 12.2 Å². The minimum atomic E-state index is -1.30. The second kappa shape index (κ2) is 7.83. The van der Waals surface area contributed by atoms with E-state index in [-0.39, 0.29) is 18.6 Å². The van der Waals surface area contributed by atoms with Gasteiger partial charge in [0.15, 0.2) is 5.78 Å². The molecule has 0 rings (SSSR count). The molecule has 0 aromatic rings. The van der Waals surface area contributed by atoms with Crippen LogP contribution in [-0.4, -0.2) is 39.5 Å². The first-order chi connectivity index (χ1) is 7.88. The van der Waals surface area contributed by atoms with Crippen LogP contribution in [0.4, 0.5) is 0 Å². The maximum Gasteiger partial charge on any atom is 0.310 e. The van der Waals surface area contributed by atoms with E-state index < -0.39 is 35.8 Å². The summed E-state index contributed by atoms with van der Waals surface area (Å²) in [6, 6.07) is 0. The molecule has 1 atom stereocenters.